The fourth-order valence-electron chi connectivity index (χ4n) is 3.09. The molecular weight excluding hydrogens is 294 g/mol. The van der Waals surface area contributed by atoms with E-state index in [9.17, 15) is 19.8 Å². The topological polar surface area (TPSA) is 77.8 Å². The molecule has 0 aromatic heterocycles. The highest BCUT2D eigenvalue weighted by molar-refractivity contribution is 6.00. The number of rotatable bonds is 3. The second-order valence-electron chi connectivity index (χ2n) is 5.83. The monoisotopic (exact) mass is 311 g/mol. The van der Waals surface area contributed by atoms with Crippen LogP contribution < -0.4 is 0 Å². The third-order valence-electron chi connectivity index (χ3n) is 4.22. The summed E-state index contributed by atoms with van der Waals surface area (Å²) >= 11 is 0. The predicted molar refractivity (Wildman–Crippen MR) is 84.3 cm³/mol. The second kappa shape index (κ2) is 5.43. The largest absolute Gasteiger partial charge is 0.507 e. The van der Waals surface area contributed by atoms with Crippen molar-refractivity contribution in [2.45, 2.75) is 26.4 Å². The lowest BCUT2D eigenvalue weighted by molar-refractivity contribution is -0.142. The highest BCUT2D eigenvalue weighted by Crippen LogP contribution is 2.34. The van der Waals surface area contributed by atoms with Crippen molar-refractivity contribution in [2.75, 3.05) is 0 Å². The molecule has 0 saturated carbocycles. The van der Waals surface area contributed by atoms with Gasteiger partial charge in [-0.05, 0) is 54.3 Å². The number of aliphatic carboxylic acids is 1. The van der Waals surface area contributed by atoms with Crippen molar-refractivity contribution in [2.24, 2.45) is 0 Å². The van der Waals surface area contributed by atoms with Crippen LogP contribution >= 0.6 is 0 Å². The van der Waals surface area contributed by atoms with Gasteiger partial charge in [0.05, 0.1) is 0 Å². The summed E-state index contributed by atoms with van der Waals surface area (Å²) in [4.78, 5) is 25.8. The quantitative estimate of drug-likeness (QED) is 0.913. The Morgan fingerprint density at radius 3 is 2.35 bits per heavy atom. The van der Waals surface area contributed by atoms with Gasteiger partial charge < -0.3 is 15.1 Å². The van der Waals surface area contributed by atoms with E-state index in [1.807, 2.05) is 12.1 Å². The fraction of sp³-hybridized carbons (Fsp3) is 0.222. The Bertz CT molecular complexity index is 789. The molecule has 1 atom stereocenters. The molecule has 5 heteroatoms. The summed E-state index contributed by atoms with van der Waals surface area (Å²) < 4.78 is 0. The van der Waals surface area contributed by atoms with Gasteiger partial charge in [0.1, 0.15) is 5.75 Å². The average molecular weight is 311 g/mol. The molecule has 0 bridgehead atoms. The Labute approximate surface area is 133 Å². The van der Waals surface area contributed by atoms with Crippen LogP contribution in [0.2, 0.25) is 0 Å². The zero-order valence-corrected chi connectivity index (χ0v) is 12.9. The maximum Gasteiger partial charge on any atom is 0.331 e. The van der Waals surface area contributed by atoms with Crippen LogP contribution in [0.15, 0.2) is 36.4 Å². The number of carbonyl (C=O) groups excluding carboxylic acids is 1. The molecule has 1 amide bonds. The molecule has 2 N–H and O–H groups in total. The lowest BCUT2D eigenvalue weighted by Crippen LogP contribution is -2.34. The molecule has 23 heavy (non-hydrogen) atoms. The third kappa shape index (κ3) is 2.44. The van der Waals surface area contributed by atoms with E-state index in [2.05, 4.69) is 0 Å². The van der Waals surface area contributed by atoms with E-state index in [0.717, 1.165) is 5.56 Å². The summed E-state index contributed by atoms with van der Waals surface area (Å²) in [5.41, 5.74) is 3.05. The van der Waals surface area contributed by atoms with Gasteiger partial charge in [-0.15, -0.1) is 0 Å². The Morgan fingerprint density at radius 1 is 1.17 bits per heavy atom. The van der Waals surface area contributed by atoms with Crippen LogP contribution in [0.4, 0.5) is 0 Å². The standard InChI is InChI=1S/C18H17NO4/c1-10-7-13(8-11(2)16(10)20)15(18(22)23)19-9-12-5-3-4-6-14(12)17(19)21/h3-8,15,20H,9H2,1-2H3,(H,22,23). The van der Waals surface area contributed by atoms with Crippen LogP contribution in [0, 0.1) is 13.8 Å². The molecule has 1 unspecified atom stereocenters. The van der Waals surface area contributed by atoms with Crippen molar-refractivity contribution in [3.05, 3.63) is 64.2 Å². The fourth-order valence-corrected chi connectivity index (χ4v) is 3.09. The average Bonchev–Trinajstić information content (AvgIpc) is 2.82. The number of carboxylic acid groups (broad SMARTS) is 1. The summed E-state index contributed by atoms with van der Waals surface area (Å²) in [5.74, 6) is -1.22. The molecule has 1 heterocycles. The van der Waals surface area contributed by atoms with E-state index in [0.29, 0.717) is 22.3 Å². The summed E-state index contributed by atoms with van der Waals surface area (Å²) in [6, 6.07) is 9.32. The summed E-state index contributed by atoms with van der Waals surface area (Å²) in [7, 11) is 0. The SMILES string of the molecule is Cc1cc(C(C(=O)O)N2Cc3ccccc3C2=O)cc(C)c1O. The van der Waals surface area contributed by atoms with Gasteiger partial charge in [-0.2, -0.15) is 0 Å². The molecule has 2 aromatic rings. The van der Waals surface area contributed by atoms with Gasteiger partial charge in [-0.25, -0.2) is 4.79 Å². The summed E-state index contributed by atoms with van der Waals surface area (Å²) in [6.07, 6.45) is 0. The van der Waals surface area contributed by atoms with E-state index in [1.165, 1.54) is 4.90 Å². The van der Waals surface area contributed by atoms with Crippen LogP contribution in [0.1, 0.15) is 38.7 Å². The van der Waals surface area contributed by atoms with Gasteiger partial charge in [0.2, 0.25) is 0 Å². The highest BCUT2D eigenvalue weighted by atomic mass is 16.4. The minimum absolute atomic E-state index is 0.147. The zero-order valence-electron chi connectivity index (χ0n) is 12.9. The first-order valence-electron chi connectivity index (χ1n) is 7.32. The van der Waals surface area contributed by atoms with Crippen molar-refractivity contribution in [3.63, 3.8) is 0 Å². The van der Waals surface area contributed by atoms with E-state index < -0.39 is 12.0 Å². The van der Waals surface area contributed by atoms with Crippen LogP contribution in [0.25, 0.3) is 0 Å². The number of benzene rings is 2. The zero-order chi connectivity index (χ0) is 16.7. The van der Waals surface area contributed by atoms with Gasteiger partial charge in [0, 0.05) is 12.1 Å². The number of hydrogen-bond donors (Lipinski definition) is 2. The molecule has 2 aromatic carbocycles. The maximum absolute atomic E-state index is 12.6. The molecule has 118 valence electrons. The van der Waals surface area contributed by atoms with E-state index in [4.69, 9.17) is 0 Å². The first kappa shape index (κ1) is 15.1. The van der Waals surface area contributed by atoms with E-state index >= 15 is 0 Å². The van der Waals surface area contributed by atoms with Crippen molar-refractivity contribution < 1.29 is 19.8 Å². The molecule has 0 spiro atoms. The Hall–Kier alpha value is -2.82. The molecule has 1 aliphatic rings. The number of nitrogens with zero attached hydrogens (tertiary/aromatic N) is 1. The van der Waals surface area contributed by atoms with Crippen molar-refractivity contribution in [3.8, 4) is 5.75 Å². The Balaban J connectivity index is 2.05. The molecule has 0 fully saturated rings. The number of aromatic hydroxyl groups is 1. The van der Waals surface area contributed by atoms with Crippen LogP contribution in [-0.2, 0) is 11.3 Å². The van der Waals surface area contributed by atoms with Gasteiger partial charge >= 0.3 is 5.97 Å². The summed E-state index contributed by atoms with van der Waals surface area (Å²) in [5, 5.41) is 19.6. The molecule has 0 aliphatic carbocycles. The molecular formula is C18H17NO4. The normalized spacial score (nSPS) is 14.7. The number of phenols is 1. The van der Waals surface area contributed by atoms with Gasteiger partial charge in [0.15, 0.2) is 6.04 Å². The number of fused-ring (bicyclic) bond motifs is 1. The molecule has 0 saturated heterocycles. The van der Waals surface area contributed by atoms with Crippen LogP contribution in [-0.4, -0.2) is 27.0 Å². The van der Waals surface area contributed by atoms with Crippen LogP contribution in [0.3, 0.4) is 0 Å². The molecule has 5 nitrogen and oxygen atoms in total. The first-order valence-corrected chi connectivity index (χ1v) is 7.32. The Kier molecular flexibility index (Phi) is 3.56. The third-order valence-corrected chi connectivity index (χ3v) is 4.22. The van der Waals surface area contributed by atoms with Crippen molar-refractivity contribution in [1.82, 2.24) is 4.90 Å². The number of hydrogen-bond acceptors (Lipinski definition) is 3. The Morgan fingerprint density at radius 2 is 1.78 bits per heavy atom. The molecule has 3 rings (SSSR count). The predicted octanol–water partition coefficient (Wildman–Crippen LogP) is 2.79. The minimum atomic E-state index is -1.09. The number of amides is 1. The van der Waals surface area contributed by atoms with E-state index in [-0.39, 0.29) is 18.2 Å². The molecule has 1 aliphatic heterocycles. The van der Waals surface area contributed by atoms with Crippen molar-refractivity contribution >= 4 is 11.9 Å². The van der Waals surface area contributed by atoms with Crippen LogP contribution in [0.5, 0.6) is 5.75 Å². The number of aryl methyl sites for hydroxylation is 2. The highest BCUT2D eigenvalue weighted by Gasteiger charge is 2.37. The van der Waals surface area contributed by atoms with Gasteiger partial charge in [0.25, 0.3) is 5.91 Å². The van der Waals surface area contributed by atoms with Gasteiger partial charge in [-0.1, -0.05) is 18.2 Å². The maximum atomic E-state index is 12.6. The first-order chi connectivity index (χ1) is 10.9. The molecule has 0 radical (unpaired) electrons. The number of carboxylic acids is 1. The lowest BCUT2D eigenvalue weighted by atomic mass is 9.99. The van der Waals surface area contributed by atoms with E-state index in [1.54, 1.807) is 38.1 Å². The lowest BCUT2D eigenvalue weighted by Gasteiger charge is -2.25. The summed E-state index contributed by atoms with van der Waals surface area (Å²) in [6.45, 7) is 3.70. The number of phenolic OH excluding ortho intramolecular Hbond substituents is 1. The second-order valence-corrected chi connectivity index (χ2v) is 5.83. The van der Waals surface area contributed by atoms with Crippen molar-refractivity contribution in [1.29, 1.82) is 0 Å². The minimum Gasteiger partial charge on any atom is -0.507 e. The van der Waals surface area contributed by atoms with Gasteiger partial charge in [-0.3, -0.25) is 4.79 Å². The number of carbonyl (C=O) groups is 2. The smallest absolute Gasteiger partial charge is 0.331 e.